The molecule has 0 aliphatic heterocycles. The largest absolute Gasteiger partial charge is 0.379 e. The lowest BCUT2D eigenvalue weighted by atomic mass is 9.73. The molecule has 6 N–H and O–H groups in total. The lowest BCUT2D eigenvalue weighted by molar-refractivity contribution is -0.133. The van der Waals surface area contributed by atoms with Crippen LogP contribution in [0.25, 0.3) is 0 Å². The lowest BCUT2D eigenvalue weighted by Gasteiger charge is -2.35. The quantitative estimate of drug-likeness (QED) is 0.0316. The SMILES string of the molecule is CCC(C)(C)CC(C)(C)CNC(=O)C(C)(C)CCOC(C)(C)CCNC(=O)C(C)COC(C)(C)CCNC(=O)CCOCCOCCOCCOCCN(CCOCCOCCOCCOCCC(=O)NCCC(C)(C)OCCC(C)(C)C=O)C(=O)CCN. The number of carbonyl (C=O) groups is 6. The maximum absolute atomic E-state index is 13.1. The first kappa shape index (κ1) is 85.5. The summed E-state index contributed by atoms with van der Waals surface area (Å²) in [7, 11) is 0. The summed E-state index contributed by atoms with van der Waals surface area (Å²) in [4.78, 5) is 76.1. The normalized spacial score (nSPS) is 13.1. The molecule has 0 rings (SSSR count). The minimum atomic E-state index is -0.578. The van der Waals surface area contributed by atoms with Crippen LogP contribution < -0.4 is 27.0 Å². The minimum absolute atomic E-state index is 0.00335. The third kappa shape index (κ3) is 48.9. The van der Waals surface area contributed by atoms with Crippen molar-refractivity contribution in [3.63, 3.8) is 0 Å². The van der Waals surface area contributed by atoms with Gasteiger partial charge in [0.05, 0.1) is 135 Å². The second kappa shape index (κ2) is 47.4. The molecule has 524 valence electrons. The highest BCUT2D eigenvalue weighted by Gasteiger charge is 2.33. The zero-order chi connectivity index (χ0) is 67.3. The molecule has 0 heterocycles. The van der Waals surface area contributed by atoms with Crippen LogP contribution in [-0.2, 0) is 80.9 Å². The van der Waals surface area contributed by atoms with Crippen molar-refractivity contribution in [1.82, 2.24) is 26.2 Å². The van der Waals surface area contributed by atoms with Gasteiger partial charge in [0, 0.05) is 89.1 Å². The molecule has 0 aromatic carbocycles. The predicted octanol–water partition coefficient (Wildman–Crippen LogP) is 6.62. The van der Waals surface area contributed by atoms with Crippen LogP contribution >= 0.6 is 0 Å². The van der Waals surface area contributed by atoms with E-state index < -0.39 is 27.6 Å². The highest BCUT2D eigenvalue weighted by atomic mass is 16.6. The zero-order valence-electron chi connectivity index (χ0n) is 58.6. The molecule has 5 amide bonds. The Balaban J connectivity index is 3.98. The molecule has 0 aliphatic rings. The number of amides is 5. The number of ether oxygens (including phenoxy) is 11. The van der Waals surface area contributed by atoms with E-state index in [9.17, 15) is 28.8 Å². The fraction of sp³-hybridized carbons (Fsp3) is 0.909. The van der Waals surface area contributed by atoms with Gasteiger partial charge in [-0.1, -0.05) is 75.7 Å². The smallest absolute Gasteiger partial charge is 0.225 e. The van der Waals surface area contributed by atoms with Crippen molar-refractivity contribution in [2.24, 2.45) is 33.3 Å². The van der Waals surface area contributed by atoms with Crippen LogP contribution in [0.4, 0.5) is 0 Å². The second-order valence-corrected chi connectivity index (χ2v) is 27.8. The fourth-order valence-corrected chi connectivity index (χ4v) is 8.72. The van der Waals surface area contributed by atoms with Gasteiger partial charge in [-0.25, -0.2) is 0 Å². The summed E-state index contributed by atoms with van der Waals surface area (Å²) in [6.07, 6.45) is 6.81. The van der Waals surface area contributed by atoms with Crippen molar-refractivity contribution >= 4 is 35.8 Å². The molecule has 0 spiro atoms. The highest BCUT2D eigenvalue weighted by Crippen LogP contribution is 2.36. The summed E-state index contributed by atoms with van der Waals surface area (Å²) in [5.41, 5.74) is 3.42. The van der Waals surface area contributed by atoms with E-state index in [0.29, 0.717) is 184 Å². The third-order valence-electron chi connectivity index (χ3n) is 15.2. The van der Waals surface area contributed by atoms with Crippen LogP contribution in [-0.4, -0.2) is 229 Å². The van der Waals surface area contributed by atoms with Gasteiger partial charge in [-0.3, -0.25) is 24.0 Å². The van der Waals surface area contributed by atoms with Crippen molar-refractivity contribution in [3.05, 3.63) is 0 Å². The van der Waals surface area contributed by atoms with Crippen LogP contribution in [0.1, 0.15) is 175 Å². The van der Waals surface area contributed by atoms with Crippen LogP contribution in [0, 0.1) is 27.6 Å². The Morgan fingerprint density at radius 2 is 0.843 bits per heavy atom. The minimum Gasteiger partial charge on any atom is -0.379 e. The summed E-state index contributed by atoms with van der Waals surface area (Å²) >= 11 is 0. The molecule has 0 aromatic heterocycles. The summed E-state index contributed by atoms with van der Waals surface area (Å²) in [6, 6.07) is 0. The standard InChI is InChI=1S/C66H128N6O17/c1-17-60(3,4)51-62(7,8)52-71-59(78)63(9,10)25-35-88-65(13,14)23-29-70-58(77)54(2)50-89-66(15,16)22-28-69-56(75)20-33-80-39-43-84-47-49-86-45-41-82-37-31-72(57(76)18-26-67)30-36-81-40-44-85-48-46-83-42-38-79-32-19-55(74)68-27-21-64(11,12)87-34-24-61(5,6)53-73/h53-54H,17-52,67H2,1-16H3,(H,68,74)(H,69,75)(H,70,77)(H,71,78). The van der Waals surface area contributed by atoms with E-state index in [4.69, 9.17) is 57.8 Å². The molecular formula is C66H128N6O17. The Morgan fingerprint density at radius 3 is 1.25 bits per heavy atom. The number of carbonyl (C=O) groups excluding carboxylic acids is 6. The molecule has 1 unspecified atom stereocenters. The van der Waals surface area contributed by atoms with Crippen LogP contribution in [0.5, 0.6) is 0 Å². The number of rotatable bonds is 60. The van der Waals surface area contributed by atoms with Crippen molar-refractivity contribution in [2.75, 3.05) is 171 Å². The molecule has 0 fully saturated rings. The van der Waals surface area contributed by atoms with E-state index in [0.717, 1.165) is 19.1 Å². The van der Waals surface area contributed by atoms with Gasteiger partial charge in [0.2, 0.25) is 29.5 Å². The first-order valence-electron chi connectivity index (χ1n) is 32.8. The topological polar surface area (TPSA) is 281 Å². The Hall–Kier alpha value is -3.46. The third-order valence-corrected chi connectivity index (χ3v) is 15.2. The van der Waals surface area contributed by atoms with E-state index in [1.165, 1.54) is 0 Å². The molecule has 1 atom stereocenters. The van der Waals surface area contributed by atoms with Crippen molar-refractivity contribution in [1.29, 1.82) is 0 Å². The van der Waals surface area contributed by atoms with Gasteiger partial charge in [-0.05, 0) is 90.9 Å². The molecule has 0 saturated carbocycles. The van der Waals surface area contributed by atoms with E-state index in [-0.39, 0.29) is 85.3 Å². The number of hydrogen-bond acceptors (Lipinski definition) is 18. The molecule has 0 radical (unpaired) electrons. The van der Waals surface area contributed by atoms with Gasteiger partial charge in [0.15, 0.2) is 0 Å². The van der Waals surface area contributed by atoms with Crippen molar-refractivity contribution in [2.45, 2.75) is 192 Å². The molecule has 0 aliphatic carbocycles. The average Bonchev–Trinajstić information content (AvgIpc) is 2.22. The summed E-state index contributed by atoms with van der Waals surface area (Å²) in [6.45, 7) is 42.4. The maximum Gasteiger partial charge on any atom is 0.225 e. The fourth-order valence-electron chi connectivity index (χ4n) is 8.72. The molecule has 0 bridgehead atoms. The number of nitrogens with one attached hydrogen (secondary N) is 4. The summed E-state index contributed by atoms with van der Waals surface area (Å²) < 4.78 is 63.0. The number of aldehydes is 1. The molecular weight excluding hydrogens is 1150 g/mol. The summed E-state index contributed by atoms with van der Waals surface area (Å²) in [5, 5.41) is 12.0. The van der Waals surface area contributed by atoms with E-state index in [1.807, 2.05) is 76.2 Å². The average molecular weight is 1280 g/mol. The van der Waals surface area contributed by atoms with Crippen molar-refractivity contribution in [3.8, 4) is 0 Å². The van der Waals surface area contributed by atoms with E-state index >= 15 is 0 Å². The second-order valence-electron chi connectivity index (χ2n) is 27.8. The summed E-state index contributed by atoms with van der Waals surface area (Å²) in [5.74, 6) is -0.725. The Kier molecular flexibility index (Phi) is 45.6. The van der Waals surface area contributed by atoms with Gasteiger partial charge in [-0.15, -0.1) is 0 Å². The van der Waals surface area contributed by atoms with Gasteiger partial charge in [0.1, 0.15) is 6.29 Å². The molecule has 23 nitrogen and oxygen atoms in total. The van der Waals surface area contributed by atoms with Crippen LogP contribution in [0.3, 0.4) is 0 Å². The van der Waals surface area contributed by atoms with Gasteiger partial charge >= 0.3 is 0 Å². The van der Waals surface area contributed by atoms with E-state index in [2.05, 4.69) is 55.9 Å². The van der Waals surface area contributed by atoms with Crippen molar-refractivity contribution < 1.29 is 80.9 Å². The van der Waals surface area contributed by atoms with Crippen LogP contribution in [0.15, 0.2) is 0 Å². The van der Waals surface area contributed by atoms with E-state index in [1.54, 1.807) is 4.90 Å². The number of nitrogens with zero attached hydrogens (tertiary/aromatic N) is 1. The van der Waals surface area contributed by atoms with Crippen LogP contribution in [0.2, 0.25) is 0 Å². The molecule has 89 heavy (non-hydrogen) atoms. The molecule has 0 aromatic rings. The first-order chi connectivity index (χ1) is 41.7. The molecule has 0 saturated heterocycles. The predicted molar refractivity (Wildman–Crippen MR) is 347 cm³/mol. The Labute approximate surface area is 537 Å². The zero-order valence-corrected chi connectivity index (χ0v) is 58.6. The number of nitrogens with two attached hydrogens (primary N) is 1. The number of hydrogen-bond donors (Lipinski definition) is 5. The van der Waals surface area contributed by atoms with Gasteiger partial charge in [-0.2, -0.15) is 0 Å². The Bertz CT molecular complexity index is 1900. The monoisotopic (exact) mass is 1280 g/mol. The van der Waals surface area contributed by atoms with Gasteiger partial charge in [0.25, 0.3) is 0 Å². The maximum atomic E-state index is 13.1. The van der Waals surface area contributed by atoms with Gasteiger partial charge < -0.3 is 88.8 Å². The first-order valence-corrected chi connectivity index (χ1v) is 32.8. The molecule has 23 heteroatoms. The highest BCUT2D eigenvalue weighted by molar-refractivity contribution is 5.82. The Morgan fingerprint density at radius 1 is 0.461 bits per heavy atom. The lowest BCUT2D eigenvalue weighted by Crippen LogP contribution is -2.43.